The standard InChI is InChI=1S/C35H62O3/c1-20-13-12-16-26-27(18-17-25-14-10-9-11-15-25)34(7)24(5)33(6)19-21(2)28(23(4)36)32(38)35(33,8)22(3)30(34)31(37)29(20)26/h20-32,36-38H,9-19H2,1-8H3. The molecule has 5 fully saturated rings. The second kappa shape index (κ2) is 10.3. The van der Waals surface area contributed by atoms with Crippen molar-refractivity contribution in [3.05, 3.63) is 0 Å². The molecule has 0 spiro atoms. The highest BCUT2D eigenvalue weighted by Gasteiger charge is 2.74. The molecule has 5 saturated carbocycles. The van der Waals surface area contributed by atoms with Crippen molar-refractivity contribution in [2.45, 2.75) is 144 Å². The first-order valence-corrected chi connectivity index (χ1v) is 16.9. The first-order chi connectivity index (χ1) is 17.8. The smallest absolute Gasteiger partial charge is 0.0657 e. The van der Waals surface area contributed by atoms with Gasteiger partial charge in [-0.2, -0.15) is 0 Å². The van der Waals surface area contributed by atoms with Crippen molar-refractivity contribution in [3.8, 4) is 0 Å². The van der Waals surface area contributed by atoms with Gasteiger partial charge in [-0.25, -0.2) is 0 Å². The zero-order chi connectivity index (χ0) is 27.8. The van der Waals surface area contributed by atoms with E-state index < -0.39 is 12.2 Å². The van der Waals surface area contributed by atoms with Crippen molar-refractivity contribution < 1.29 is 15.3 Å². The molecule has 38 heavy (non-hydrogen) atoms. The van der Waals surface area contributed by atoms with E-state index in [0.717, 1.165) is 12.3 Å². The summed E-state index contributed by atoms with van der Waals surface area (Å²) in [5.74, 6) is 4.18. The van der Waals surface area contributed by atoms with Crippen molar-refractivity contribution in [2.75, 3.05) is 0 Å². The Balaban J connectivity index is 1.59. The Labute approximate surface area is 235 Å². The van der Waals surface area contributed by atoms with Crippen LogP contribution in [0.5, 0.6) is 0 Å². The number of fused-ring (bicyclic) bond motifs is 3. The molecule has 5 rings (SSSR count). The van der Waals surface area contributed by atoms with E-state index in [1.165, 1.54) is 64.2 Å². The van der Waals surface area contributed by atoms with Crippen LogP contribution in [0.15, 0.2) is 0 Å². The van der Waals surface area contributed by atoms with Gasteiger partial charge in [0.15, 0.2) is 0 Å². The van der Waals surface area contributed by atoms with Crippen LogP contribution in [0.1, 0.15) is 126 Å². The molecule has 0 radical (unpaired) electrons. The van der Waals surface area contributed by atoms with Crippen LogP contribution in [0.25, 0.3) is 0 Å². The predicted molar refractivity (Wildman–Crippen MR) is 156 cm³/mol. The molecule has 0 heterocycles. The molecule has 5 aliphatic carbocycles. The van der Waals surface area contributed by atoms with Crippen molar-refractivity contribution >= 4 is 0 Å². The molecular formula is C35H62O3. The van der Waals surface area contributed by atoms with Gasteiger partial charge in [0.25, 0.3) is 0 Å². The van der Waals surface area contributed by atoms with Gasteiger partial charge < -0.3 is 15.3 Å². The van der Waals surface area contributed by atoms with Crippen LogP contribution < -0.4 is 0 Å². The first kappa shape index (κ1) is 29.4. The summed E-state index contributed by atoms with van der Waals surface area (Å²) in [5.41, 5.74) is -0.292. The fourth-order valence-corrected chi connectivity index (χ4v) is 13.0. The van der Waals surface area contributed by atoms with E-state index >= 15 is 0 Å². The van der Waals surface area contributed by atoms with Crippen LogP contribution in [0.2, 0.25) is 0 Å². The van der Waals surface area contributed by atoms with Gasteiger partial charge in [-0.05, 0) is 90.3 Å². The molecule has 3 heteroatoms. The minimum atomic E-state index is -0.548. The first-order valence-electron chi connectivity index (χ1n) is 16.9. The molecule has 0 aromatic heterocycles. The Hall–Kier alpha value is -0.120. The third-order valence-electron chi connectivity index (χ3n) is 15.3. The van der Waals surface area contributed by atoms with Crippen molar-refractivity contribution in [2.24, 2.45) is 75.4 Å². The SMILES string of the molecule is CC(O)C1C(C)CC2(C)C(C)C3(C)C(CCC4CCCCC4)C4CCCC(C)C4C(O)C3C(C)C2(C)C1O. The van der Waals surface area contributed by atoms with Gasteiger partial charge in [0.2, 0.25) is 0 Å². The Bertz CT molecular complexity index is 835. The predicted octanol–water partition coefficient (Wildman–Crippen LogP) is 7.71. The summed E-state index contributed by atoms with van der Waals surface area (Å²) in [7, 11) is 0. The third kappa shape index (κ3) is 3.97. The number of aliphatic hydroxyl groups is 3. The topological polar surface area (TPSA) is 60.7 Å². The highest BCUT2D eigenvalue weighted by Crippen LogP contribution is 2.76. The van der Waals surface area contributed by atoms with Crippen molar-refractivity contribution in [1.29, 1.82) is 0 Å². The second-order valence-corrected chi connectivity index (χ2v) is 16.4. The Morgan fingerprint density at radius 3 is 2.11 bits per heavy atom. The maximum Gasteiger partial charge on any atom is 0.0657 e. The van der Waals surface area contributed by atoms with E-state index in [-0.39, 0.29) is 46.0 Å². The molecule has 0 bridgehead atoms. The molecule has 0 amide bonds. The molecule has 15 unspecified atom stereocenters. The summed E-state index contributed by atoms with van der Waals surface area (Å²) in [5, 5.41) is 35.4. The summed E-state index contributed by atoms with van der Waals surface area (Å²) in [6.07, 6.45) is 13.4. The van der Waals surface area contributed by atoms with E-state index in [2.05, 4.69) is 48.5 Å². The zero-order valence-corrected chi connectivity index (χ0v) is 26.1. The summed E-state index contributed by atoms with van der Waals surface area (Å²) < 4.78 is 0. The summed E-state index contributed by atoms with van der Waals surface area (Å²) >= 11 is 0. The van der Waals surface area contributed by atoms with E-state index in [4.69, 9.17) is 0 Å². The lowest BCUT2D eigenvalue weighted by Crippen LogP contribution is -2.74. The lowest BCUT2D eigenvalue weighted by atomic mass is 9.29. The van der Waals surface area contributed by atoms with Gasteiger partial charge in [0.05, 0.1) is 18.3 Å². The van der Waals surface area contributed by atoms with Gasteiger partial charge in [-0.3, -0.25) is 0 Å². The number of aliphatic hydroxyl groups excluding tert-OH is 3. The van der Waals surface area contributed by atoms with Gasteiger partial charge in [-0.1, -0.05) is 99.8 Å². The number of hydrogen-bond donors (Lipinski definition) is 3. The van der Waals surface area contributed by atoms with Gasteiger partial charge >= 0.3 is 0 Å². The molecular weight excluding hydrogens is 468 g/mol. The molecule has 0 saturated heterocycles. The molecule has 220 valence electrons. The molecule has 0 aromatic rings. The van der Waals surface area contributed by atoms with Crippen LogP contribution in [0, 0.1) is 75.4 Å². The van der Waals surface area contributed by atoms with E-state index in [1.807, 2.05) is 6.92 Å². The lowest BCUT2D eigenvalue weighted by Gasteiger charge is -2.76. The largest absolute Gasteiger partial charge is 0.393 e. The minimum absolute atomic E-state index is 0.0299. The molecule has 15 atom stereocenters. The van der Waals surface area contributed by atoms with Crippen molar-refractivity contribution in [3.63, 3.8) is 0 Å². The summed E-state index contributed by atoms with van der Waals surface area (Å²) in [4.78, 5) is 0. The highest BCUT2D eigenvalue weighted by atomic mass is 16.3. The van der Waals surface area contributed by atoms with Gasteiger partial charge in [-0.15, -0.1) is 0 Å². The van der Waals surface area contributed by atoms with Crippen molar-refractivity contribution in [1.82, 2.24) is 0 Å². The fraction of sp³-hybridized carbons (Fsp3) is 1.00. The lowest BCUT2D eigenvalue weighted by molar-refractivity contribution is -0.316. The zero-order valence-electron chi connectivity index (χ0n) is 26.1. The van der Waals surface area contributed by atoms with Crippen LogP contribution in [0.4, 0.5) is 0 Å². The highest BCUT2D eigenvalue weighted by molar-refractivity contribution is 5.22. The molecule has 3 nitrogen and oxygen atoms in total. The van der Waals surface area contributed by atoms with Crippen LogP contribution >= 0.6 is 0 Å². The minimum Gasteiger partial charge on any atom is -0.393 e. The molecule has 0 aromatic carbocycles. The van der Waals surface area contributed by atoms with E-state index in [0.29, 0.717) is 29.6 Å². The summed E-state index contributed by atoms with van der Waals surface area (Å²) in [6.45, 7) is 18.9. The Morgan fingerprint density at radius 2 is 1.47 bits per heavy atom. The molecule has 3 N–H and O–H groups in total. The number of hydrogen-bond acceptors (Lipinski definition) is 3. The van der Waals surface area contributed by atoms with Crippen LogP contribution in [-0.2, 0) is 0 Å². The maximum absolute atomic E-state index is 12.4. The molecule has 0 aliphatic heterocycles. The quantitative estimate of drug-likeness (QED) is 0.349. The Kier molecular flexibility index (Phi) is 7.97. The summed E-state index contributed by atoms with van der Waals surface area (Å²) in [6, 6.07) is 0. The van der Waals surface area contributed by atoms with Crippen LogP contribution in [0.3, 0.4) is 0 Å². The van der Waals surface area contributed by atoms with Crippen LogP contribution in [-0.4, -0.2) is 33.6 Å². The fourth-order valence-electron chi connectivity index (χ4n) is 13.0. The van der Waals surface area contributed by atoms with Gasteiger partial charge in [0, 0.05) is 11.3 Å². The van der Waals surface area contributed by atoms with E-state index in [1.54, 1.807) is 0 Å². The average Bonchev–Trinajstić information content (AvgIpc) is 2.86. The average molecular weight is 531 g/mol. The normalized spacial score (nSPS) is 56.4. The monoisotopic (exact) mass is 530 g/mol. The Morgan fingerprint density at radius 1 is 0.816 bits per heavy atom. The third-order valence-corrected chi connectivity index (χ3v) is 15.3. The molecule has 5 aliphatic rings. The van der Waals surface area contributed by atoms with E-state index in [9.17, 15) is 15.3 Å². The number of rotatable bonds is 4. The maximum atomic E-state index is 12.4. The van der Waals surface area contributed by atoms with Gasteiger partial charge in [0.1, 0.15) is 0 Å². The second-order valence-electron chi connectivity index (χ2n) is 16.4.